The number of amides is 1. The Morgan fingerprint density at radius 2 is 1.88 bits per heavy atom. The Bertz CT molecular complexity index is 774. The van der Waals surface area contributed by atoms with Crippen LogP contribution in [0.3, 0.4) is 0 Å². The molecule has 0 fully saturated rings. The fraction of sp³-hybridized carbons (Fsp3) is 0.222. The van der Waals surface area contributed by atoms with Crippen LogP contribution in [0.1, 0.15) is 21.5 Å². The van der Waals surface area contributed by atoms with Crippen molar-refractivity contribution < 1.29 is 23.5 Å². The molecule has 0 bridgehead atoms. The molecule has 0 radical (unpaired) electrons. The summed E-state index contributed by atoms with van der Waals surface area (Å²) in [5.74, 6) is -1.89. The quantitative estimate of drug-likeness (QED) is 0.854. The van der Waals surface area contributed by atoms with Crippen molar-refractivity contribution >= 4 is 17.6 Å². The predicted octanol–water partition coefficient (Wildman–Crippen LogP) is 3.25. The molecule has 0 heterocycles. The van der Waals surface area contributed by atoms with E-state index in [1.165, 1.54) is 19.2 Å². The van der Waals surface area contributed by atoms with Crippen molar-refractivity contribution in [3.63, 3.8) is 0 Å². The van der Waals surface area contributed by atoms with E-state index in [-0.39, 0.29) is 11.3 Å². The highest BCUT2D eigenvalue weighted by Crippen LogP contribution is 2.18. The molecule has 0 aliphatic heterocycles. The van der Waals surface area contributed by atoms with Crippen LogP contribution in [0.2, 0.25) is 0 Å². The molecule has 2 rings (SSSR count). The van der Waals surface area contributed by atoms with E-state index in [0.29, 0.717) is 5.69 Å². The lowest BCUT2D eigenvalue weighted by molar-refractivity contribution is -0.119. The van der Waals surface area contributed by atoms with Crippen LogP contribution in [0, 0.1) is 19.7 Å². The van der Waals surface area contributed by atoms with Crippen LogP contribution in [0.4, 0.5) is 10.1 Å². The standard InChI is InChI=1S/C18H18FNO4/c1-11-4-5-12(2)16(8-11)20-17(21)10-24-18(22)14-7-6-13(23-3)9-15(14)19/h4-9H,10H2,1-3H3,(H,20,21). The molecular weight excluding hydrogens is 313 g/mol. The molecule has 2 aromatic rings. The van der Waals surface area contributed by atoms with Gasteiger partial charge in [0.1, 0.15) is 11.6 Å². The number of ether oxygens (including phenoxy) is 2. The molecule has 126 valence electrons. The summed E-state index contributed by atoms with van der Waals surface area (Å²) in [4.78, 5) is 23.8. The van der Waals surface area contributed by atoms with Gasteiger partial charge in [-0.25, -0.2) is 9.18 Å². The zero-order valence-corrected chi connectivity index (χ0v) is 13.7. The number of aryl methyl sites for hydroxylation is 2. The first kappa shape index (κ1) is 17.5. The minimum atomic E-state index is -0.911. The van der Waals surface area contributed by atoms with Gasteiger partial charge in [-0.1, -0.05) is 12.1 Å². The van der Waals surface area contributed by atoms with Crippen LogP contribution in [-0.4, -0.2) is 25.6 Å². The number of methoxy groups -OCH3 is 1. The van der Waals surface area contributed by atoms with E-state index in [4.69, 9.17) is 9.47 Å². The van der Waals surface area contributed by atoms with Crippen LogP contribution < -0.4 is 10.1 Å². The maximum atomic E-state index is 13.8. The number of esters is 1. The molecule has 0 spiro atoms. The summed E-state index contributed by atoms with van der Waals surface area (Å²) in [5.41, 5.74) is 2.27. The molecule has 6 heteroatoms. The summed E-state index contributed by atoms with van der Waals surface area (Å²) < 4.78 is 23.5. The van der Waals surface area contributed by atoms with Gasteiger partial charge in [0.15, 0.2) is 6.61 Å². The Labute approximate surface area is 139 Å². The van der Waals surface area contributed by atoms with E-state index in [0.717, 1.165) is 17.2 Å². The lowest BCUT2D eigenvalue weighted by atomic mass is 10.1. The number of rotatable bonds is 5. The third-order valence-corrected chi connectivity index (χ3v) is 3.40. The summed E-state index contributed by atoms with van der Waals surface area (Å²) >= 11 is 0. The van der Waals surface area contributed by atoms with Gasteiger partial charge in [0, 0.05) is 11.8 Å². The monoisotopic (exact) mass is 331 g/mol. The molecule has 0 atom stereocenters. The summed E-state index contributed by atoms with van der Waals surface area (Å²) in [6.45, 7) is 3.26. The number of carbonyl (C=O) groups is 2. The highest BCUT2D eigenvalue weighted by atomic mass is 19.1. The first-order valence-electron chi connectivity index (χ1n) is 7.28. The topological polar surface area (TPSA) is 64.6 Å². The van der Waals surface area contributed by atoms with E-state index in [9.17, 15) is 14.0 Å². The Hall–Kier alpha value is -2.89. The summed E-state index contributed by atoms with van der Waals surface area (Å²) in [6, 6.07) is 9.39. The van der Waals surface area contributed by atoms with Crippen molar-refractivity contribution in [1.29, 1.82) is 0 Å². The van der Waals surface area contributed by atoms with Crippen LogP contribution in [0.25, 0.3) is 0 Å². The highest BCUT2D eigenvalue weighted by molar-refractivity contribution is 5.96. The fourth-order valence-corrected chi connectivity index (χ4v) is 2.05. The lowest BCUT2D eigenvalue weighted by Gasteiger charge is -2.10. The molecule has 24 heavy (non-hydrogen) atoms. The van der Waals surface area contributed by atoms with E-state index >= 15 is 0 Å². The second kappa shape index (κ2) is 7.59. The fourth-order valence-electron chi connectivity index (χ4n) is 2.05. The van der Waals surface area contributed by atoms with Gasteiger partial charge in [-0.05, 0) is 43.2 Å². The van der Waals surface area contributed by atoms with Crippen LogP contribution >= 0.6 is 0 Å². The van der Waals surface area contributed by atoms with E-state index < -0.39 is 24.3 Å². The third kappa shape index (κ3) is 4.32. The number of benzene rings is 2. The first-order valence-corrected chi connectivity index (χ1v) is 7.28. The van der Waals surface area contributed by atoms with Crippen LogP contribution in [0.15, 0.2) is 36.4 Å². The maximum absolute atomic E-state index is 13.8. The van der Waals surface area contributed by atoms with Crippen molar-refractivity contribution in [1.82, 2.24) is 0 Å². The Morgan fingerprint density at radius 3 is 2.54 bits per heavy atom. The van der Waals surface area contributed by atoms with Crippen LogP contribution in [-0.2, 0) is 9.53 Å². The van der Waals surface area contributed by atoms with E-state index in [2.05, 4.69) is 5.32 Å². The van der Waals surface area contributed by atoms with Crippen molar-refractivity contribution in [3.05, 3.63) is 58.9 Å². The Kier molecular flexibility index (Phi) is 5.52. The molecular formula is C18H18FNO4. The average Bonchev–Trinajstić information content (AvgIpc) is 2.55. The van der Waals surface area contributed by atoms with Gasteiger partial charge in [-0.15, -0.1) is 0 Å². The number of hydrogen-bond donors (Lipinski definition) is 1. The van der Waals surface area contributed by atoms with Gasteiger partial charge in [-0.2, -0.15) is 0 Å². The predicted molar refractivity (Wildman–Crippen MR) is 87.8 cm³/mol. The zero-order valence-electron chi connectivity index (χ0n) is 13.7. The molecule has 2 aromatic carbocycles. The van der Waals surface area contributed by atoms with Crippen LogP contribution in [0.5, 0.6) is 5.75 Å². The normalized spacial score (nSPS) is 10.2. The average molecular weight is 331 g/mol. The number of nitrogens with one attached hydrogen (secondary N) is 1. The highest BCUT2D eigenvalue weighted by Gasteiger charge is 2.16. The summed E-state index contributed by atoms with van der Waals surface area (Å²) in [5, 5.41) is 2.66. The number of halogens is 1. The van der Waals surface area contributed by atoms with Gasteiger partial charge in [0.05, 0.1) is 12.7 Å². The molecule has 0 unspecified atom stereocenters. The minimum absolute atomic E-state index is 0.254. The zero-order chi connectivity index (χ0) is 17.7. The molecule has 0 aliphatic carbocycles. The number of anilines is 1. The number of carbonyl (C=O) groups excluding carboxylic acids is 2. The number of hydrogen-bond acceptors (Lipinski definition) is 4. The largest absolute Gasteiger partial charge is 0.497 e. The summed E-state index contributed by atoms with van der Waals surface area (Å²) in [6.07, 6.45) is 0. The van der Waals surface area contributed by atoms with Crippen molar-refractivity contribution in [2.75, 3.05) is 19.0 Å². The van der Waals surface area contributed by atoms with Gasteiger partial charge in [0.2, 0.25) is 0 Å². The molecule has 5 nitrogen and oxygen atoms in total. The SMILES string of the molecule is COc1ccc(C(=O)OCC(=O)Nc2cc(C)ccc2C)c(F)c1. The van der Waals surface area contributed by atoms with Gasteiger partial charge >= 0.3 is 5.97 Å². The van der Waals surface area contributed by atoms with Crippen molar-refractivity contribution in [2.45, 2.75) is 13.8 Å². The molecule has 0 aromatic heterocycles. The third-order valence-electron chi connectivity index (χ3n) is 3.40. The smallest absolute Gasteiger partial charge is 0.341 e. The second-order valence-corrected chi connectivity index (χ2v) is 5.29. The van der Waals surface area contributed by atoms with E-state index in [1.54, 1.807) is 0 Å². The molecule has 1 N–H and O–H groups in total. The van der Waals surface area contributed by atoms with E-state index in [1.807, 2.05) is 32.0 Å². The van der Waals surface area contributed by atoms with Crippen molar-refractivity contribution in [2.24, 2.45) is 0 Å². The minimum Gasteiger partial charge on any atom is -0.497 e. The van der Waals surface area contributed by atoms with Gasteiger partial charge in [0.25, 0.3) is 5.91 Å². The summed E-state index contributed by atoms with van der Waals surface area (Å²) in [7, 11) is 1.39. The van der Waals surface area contributed by atoms with Crippen molar-refractivity contribution in [3.8, 4) is 5.75 Å². The molecule has 0 saturated carbocycles. The molecule has 0 aliphatic rings. The Morgan fingerprint density at radius 1 is 1.12 bits per heavy atom. The maximum Gasteiger partial charge on any atom is 0.341 e. The van der Waals surface area contributed by atoms with Gasteiger partial charge < -0.3 is 14.8 Å². The Balaban J connectivity index is 1.96. The molecule has 0 saturated heterocycles. The lowest BCUT2D eigenvalue weighted by Crippen LogP contribution is -2.21. The van der Waals surface area contributed by atoms with Gasteiger partial charge in [-0.3, -0.25) is 4.79 Å². The second-order valence-electron chi connectivity index (χ2n) is 5.29. The first-order chi connectivity index (χ1) is 11.4. The molecule has 1 amide bonds.